The quantitative estimate of drug-likeness (QED) is 0.0736. The van der Waals surface area contributed by atoms with Crippen LogP contribution in [0, 0.1) is 23.3 Å². The molecule has 1 unspecified atom stereocenters. The number of piperazine rings is 1. The fourth-order valence-corrected chi connectivity index (χ4v) is 7.00. The van der Waals surface area contributed by atoms with Crippen molar-refractivity contribution in [3.8, 4) is 23.0 Å². The molecular weight excluding hydrogens is 807 g/mol. The van der Waals surface area contributed by atoms with Gasteiger partial charge in [-0.15, -0.1) is 0 Å². The van der Waals surface area contributed by atoms with Crippen molar-refractivity contribution in [3.63, 3.8) is 0 Å². The van der Waals surface area contributed by atoms with Crippen LogP contribution in [0.3, 0.4) is 0 Å². The zero-order valence-corrected chi connectivity index (χ0v) is 30.2. The van der Waals surface area contributed by atoms with Gasteiger partial charge >= 0.3 is 37.0 Å². The minimum Gasteiger partial charge on any atom is -0.534 e. The largest absolute Gasteiger partial charge is 0.547 e. The normalized spacial score (nSPS) is 17.7. The minimum atomic E-state index is -2.11. The number of rotatable bonds is 7. The van der Waals surface area contributed by atoms with E-state index in [2.05, 4.69) is 16.0 Å². The lowest BCUT2D eigenvalue weighted by molar-refractivity contribution is -0.156. The molecule has 2 fully saturated rings. The maximum absolute atomic E-state index is 14.7. The van der Waals surface area contributed by atoms with E-state index in [1.165, 1.54) is 9.80 Å². The first-order chi connectivity index (χ1) is 27.4. The number of aromatic hydroxyl groups is 3. The SMILES string of the molecule is O=C(O)c1c(F)ccc2c1OB(O)[C@@H](NC(=O)C(NC(=O)N1CCN(C3CCN(C(=O)Nc4ccc(F)c(O)c4F)CC3)C(=O)C1=O)c1cc(F)c(O)c(O)c1Cl)C2. The highest BCUT2D eigenvalue weighted by Gasteiger charge is 2.44. The lowest BCUT2D eigenvalue weighted by Crippen LogP contribution is -2.62. The Morgan fingerprint density at radius 1 is 0.862 bits per heavy atom. The maximum Gasteiger partial charge on any atom is 0.547 e. The summed E-state index contributed by atoms with van der Waals surface area (Å²) >= 11 is 6.14. The number of likely N-dealkylation sites (tertiary alicyclic amines) is 1. The minimum absolute atomic E-state index is 0.0188. The summed E-state index contributed by atoms with van der Waals surface area (Å²) in [6.45, 7) is -0.614. The van der Waals surface area contributed by atoms with Gasteiger partial charge in [0.25, 0.3) is 0 Å². The number of imide groups is 1. The Kier molecular flexibility index (Phi) is 11.5. The van der Waals surface area contributed by atoms with Crippen LogP contribution in [-0.2, 0) is 20.8 Å². The molecule has 3 heterocycles. The van der Waals surface area contributed by atoms with E-state index < -0.39 is 136 Å². The molecule has 2 atom stereocenters. The number of piperidine rings is 1. The molecule has 0 saturated carbocycles. The summed E-state index contributed by atoms with van der Waals surface area (Å²) < 4.78 is 61.7. The molecule has 18 nitrogen and oxygen atoms in total. The standard InChI is InChI=1S/C34H30BClF4N6O12/c36-22-15(12-18(39)26(48)27(22)49)24(29(50)42-20-11-13-1-2-16(37)21(32(53)54)28(13)58-35(20)57)43-34(56)46-10-9-45(30(51)31(46)52)14-5-7-44(8-6-14)33(55)41-19-4-3-17(38)25(47)23(19)40/h1-4,12,14,20,24,47-49,57H,5-11H2,(H,41,55)(H,42,50)(H,43,56)(H,53,54)/t20-,24?/m0/s1. The molecule has 3 aromatic carbocycles. The number of carboxylic acid groups (broad SMARTS) is 1. The summed E-state index contributed by atoms with van der Waals surface area (Å²) in [5.41, 5.74) is -1.98. The highest BCUT2D eigenvalue weighted by molar-refractivity contribution is 6.47. The van der Waals surface area contributed by atoms with Crippen LogP contribution in [0.25, 0.3) is 0 Å². The number of carboxylic acids is 1. The Hall–Kier alpha value is -6.49. The zero-order chi connectivity index (χ0) is 42.3. The van der Waals surface area contributed by atoms with E-state index in [0.717, 1.165) is 24.3 Å². The number of benzene rings is 3. The molecule has 0 bridgehead atoms. The van der Waals surface area contributed by atoms with E-state index in [9.17, 15) is 71.8 Å². The van der Waals surface area contributed by atoms with Gasteiger partial charge in [-0.2, -0.15) is 0 Å². The van der Waals surface area contributed by atoms with E-state index in [1.54, 1.807) is 0 Å². The molecular formula is C34H30BClF4N6O12. The molecule has 58 heavy (non-hydrogen) atoms. The van der Waals surface area contributed by atoms with Crippen LogP contribution in [0.4, 0.5) is 32.8 Å². The van der Waals surface area contributed by atoms with Crippen LogP contribution in [-0.4, -0.2) is 121 Å². The molecule has 6 rings (SSSR count). The first-order valence-electron chi connectivity index (χ1n) is 17.1. The van der Waals surface area contributed by atoms with Crippen molar-refractivity contribution < 1.29 is 76.4 Å². The number of halogens is 5. The predicted molar refractivity (Wildman–Crippen MR) is 189 cm³/mol. The fourth-order valence-electron chi connectivity index (χ4n) is 6.75. The van der Waals surface area contributed by atoms with Crippen LogP contribution < -0.4 is 20.6 Å². The highest BCUT2D eigenvalue weighted by Crippen LogP contribution is 2.41. The molecule has 7 amide bonds. The molecule has 3 aromatic rings. The number of phenols is 3. The number of nitrogens with one attached hydrogen (secondary N) is 3. The Morgan fingerprint density at radius 3 is 2.21 bits per heavy atom. The van der Waals surface area contributed by atoms with Crippen molar-refractivity contribution in [2.75, 3.05) is 31.5 Å². The van der Waals surface area contributed by atoms with Crippen molar-refractivity contribution in [2.45, 2.75) is 37.3 Å². The van der Waals surface area contributed by atoms with Crippen molar-refractivity contribution in [1.82, 2.24) is 25.3 Å². The van der Waals surface area contributed by atoms with E-state index in [4.69, 9.17) is 16.3 Å². The van der Waals surface area contributed by atoms with Crippen LogP contribution in [0.15, 0.2) is 30.3 Å². The van der Waals surface area contributed by atoms with Gasteiger partial charge in [0, 0.05) is 37.8 Å². The molecule has 0 radical (unpaired) electrons. The average Bonchev–Trinajstić information content (AvgIpc) is 3.19. The number of hydrogen-bond acceptors (Lipinski definition) is 11. The number of aromatic carboxylic acids is 1. The second-order valence-electron chi connectivity index (χ2n) is 13.2. The van der Waals surface area contributed by atoms with Crippen molar-refractivity contribution in [1.29, 1.82) is 0 Å². The summed E-state index contributed by atoms with van der Waals surface area (Å²) in [5, 5.41) is 55.5. The molecule has 0 aromatic heterocycles. The number of carbonyl (C=O) groups excluding carboxylic acids is 5. The maximum atomic E-state index is 14.7. The van der Waals surface area contributed by atoms with Crippen molar-refractivity contribution in [2.24, 2.45) is 0 Å². The number of anilines is 1. The average molecular weight is 837 g/mol. The summed E-state index contributed by atoms with van der Waals surface area (Å²) in [7, 11) is -2.01. The molecule has 306 valence electrons. The number of urea groups is 2. The van der Waals surface area contributed by atoms with Gasteiger partial charge < -0.3 is 55.9 Å². The lowest BCUT2D eigenvalue weighted by atomic mass is 9.72. The second kappa shape index (κ2) is 16.2. The summed E-state index contributed by atoms with van der Waals surface area (Å²) in [5.74, 6) is -16.5. The molecule has 2 saturated heterocycles. The highest BCUT2D eigenvalue weighted by atomic mass is 35.5. The van der Waals surface area contributed by atoms with Gasteiger partial charge in [-0.25, -0.2) is 31.9 Å². The molecule has 8 N–H and O–H groups in total. The molecule has 3 aliphatic heterocycles. The monoisotopic (exact) mass is 836 g/mol. The first-order valence-corrected chi connectivity index (χ1v) is 17.5. The third-order valence-electron chi connectivity index (χ3n) is 9.79. The van der Waals surface area contributed by atoms with Crippen LogP contribution in [0.1, 0.15) is 40.4 Å². The second-order valence-corrected chi connectivity index (χ2v) is 13.6. The number of fused-ring (bicyclic) bond motifs is 1. The van der Waals surface area contributed by atoms with Gasteiger partial charge in [0.1, 0.15) is 23.2 Å². The number of phenolic OH excluding ortho intramolecular Hbond substituents is 3. The zero-order valence-electron chi connectivity index (χ0n) is 29.5. The Balaban J connectivity index is 1.14. The van der Waals surface area contributed by atoms with E-state index in [1.807, 2.05) is 0 Å². The number of carbonyl (C=O) groups is 6. The fraction of sp³-hybridized carbons (Fsp3) is 0.294. The lowest BCUT2D eigenvalue weighted by Gasteiger charge is -2.41. The van der Waals surface area contributed by atoms with E-state index >= 15 is 0 Å². The summed E-state index contributed by atoms with van der Waals surface area (Å²) in [6.07, 6.45) is -0.0806. The Bertz CT molecular complexity index is 2250. The topological polar surface area (TPSA) is 259 Å². The first kappa shape index (κ1) is 41.2. The van der Waals surface area contributed by atoms with Crippen LogP contribution in [0.2, 0.25) is 5.02 Å². The van der Waals surface area contributed by atoms with Gasteiger partial charge in [-0.1, -0.05) is 17.7 Å². The molecule has 0 aliphatic carbocycles. The van der Waals surface area contributed by atoms with Gasteiger partial charge in [-0.3, -0.25) is 19.3 Å². The Morgan fingerprint density at radius 2 is 1.53 bits per heavy atom. The number of nitrogens with zero attached hydrogens (tertiary/aromatic N) is 3. The number of amides is 7. The van der Waals surface area contributed by atoms with Gasteiger partial charge in [0.2, 0.25) is 5.91 Å². The molecule has 3 aliphatic rings. The number of hydrogen-bond donors (Lipinski definition) is 8. The van der Waals surface area contributed by atoms with Gasteiger partial charge in [0.15, 0.2) is 34.7 Å². The van der Waals surface area contributed by atoms with E-state index in [-0.39, 0.29) is 44.5 Å². The molecule has 0 spiro atoms. The third-order valence-corrected chi connectivity index (χ3v) is 10.2. The van der Waals surface area contributed by atoms with E-state index in [0.29, 0.717) is 11.0 Å². The summed E-state index contributed by atoms with van der Waals surface area (Å²) in [6, 6.07) is -0.745. The van der Waals surface area contributed by atoms with Crippen molar-refractivity contribution >= 4 is 60.2 Å². The smallest absolute Gasteiger partial charge is 0.534 e. The Labute approximate surface area is 328 Å². The third kappa shape index (κ3) is 7.76. The summed E-state index contributed by atoms with van der Waals surface area (Å²) in [4.78, 5) is 81.2. The van der Waals surface area contributed by atoms with Crippen LogP contribution >= 0.6 is 11.6 Å². The van der Waals surface area contributed by atoms with Crippen molar-refractivity contribution in [3.05, 3.63) is 75.3 Å². The molecule has 24 heteroatoms. The van der Waals surface area contributed by atoms with Gasteiger partial charge in [-0.05, 0) is 49.1 Å². The predicted octanol–water partition coefficient (Wildman–Crippen LogP) is 1.97. The van der Waals surface area contributed by atoms with Crippen LogP contribution in [0.5, 0.6) is 23.0 Å². The van der Waals surface area contributed by atoms with Gasteiger partial charge in [0.05, 0.1) is 16.7 Å².